The summed E-state index contributed by atoms with van der Waals surface area (Å²) in [5.74, 6) is -0.253. The molecule has 1 aromatic heterocycles. The molecule has 8 heteroatoms. The highest BCUT2D eigenvalue weighted by molar-refractivity contribution is 5.79. The van der Waals surface area contributed by atoms with Gasteiger partial charge in [-0.05, 0) is 37.5 Å². The fraction of sp³-hybridized carbons (Fsp3) is 0.381. The van der Waals surface area contributed by atoms with Gasteiger partial charge in [0.25, 0.3) is 0 Å². The van der Waals surface area contributed by atoms with Crippen LogP contribution in [0.2, 0.25) is 0 Å². The van der Waals surface area contributed by atoms with Crippen molar-refractivity contribution in [3.8, 4) is 6.07 Å². The third kappa shape index (κ3) is 5.05. The summed E-state index contributed by atoms with van der Waals surface area (Å²) in [4.78, 5) is 17.8. The second kappa shape index (κ2) is 8.52. The zero-order valence-electron chi connectivity index (χ0n) is 16.0. The number of carbonyl (C=O) groups is 1. The van der Waals surface area contributed by atoms with E-state index in [9.17, 15) is 23.2 Å². The largest absolute Gasteiger partial charge is 0.433 e. The molecule has 1 aliphatic rings. The zero-order valence-corrected chi connectivity index (χ0v) is 16.0. The van der Waals surface area contributed by atoms with Crippen molar-refractivity contribution in [2.75, 3.05) is 18.0 Å². The van der Waals surface area contributed by atoms with Crippen LogP contribution in [0.5, 0.6) is 0 Å². The van der Waals surface area contributed by atoms with Crippen LogP contribution < -0.4 is 10.2 Å². The van der Waals surface area contributed by atoms with E-state index in [0.717, 1.165) is 23.3 Å². The van der Waals surface area contributed by atoms with Gasteiger partial charge in [0.2, 0.25) is 5.91 Å². The molecule has 1 amide bonds. The lowest BCUT2D eigenvalue weighted by Crippen LogP contribution is -2.41. The third-order valence-electron chi connectivity index (χ3n) is 5.04. The topological polar surface area (TPSA) is 69.0 Å². The lowest BCUT2D eigenvalue weighted by atomic mass is 9.95. The molecule has 0 aliphatic carbocycles. The van der Waals surface area contributed by atoms with Gasteiger partial charge in [0.1, 0.15) is 17.6 Å². The highest BCUT2D eigenvalue weighted by Gasteiger charge is 2.34. The van der Waals surface area contributed by atoms with Crippen molar-refractivity contribution in [3.63, 3.8) is 0 Å². The summed E-state index contributed by atoms with van der Waals surface area (Å²) in [6, 6.07) is 11.7. The molecule has 0 atom stereocenters. The Morgan fingerprint density at radius 3 is 2.45 bits per heavy atom. The summed E-state index contributed by atoms with van der Waals surface area (Å²) < 4.78 is 38.9. The average Bonchev–Trinajstić information content (AvgIpc) is 2.72. The number of hydrogen-bond donors (Lipinski definition) is 1. The number of carbonyl (C=O) groups excluding carboxylic acids is 1. The quantitative estimate of drug-likeness (QED) is 0.844. The number of aromatic nitrogens is 1. The molecule has 0 saturated carbocycles. The molecule has 0 radical (unpaired) electrons. The van der Waals surface area contributed by atoms with Gasteiger partial charge < -0.3 is 10.2 Å². The van der Waals surface area contributed by atoms with Gasteiger partial charge in [0, 0.05) is 25.6 Å². The minimum atomic E-state index is -4.57. The molecule has 2 aromatic rings. The number of nitrogens with one attached hydrogen (secondary N) is 1. The van der Waals surface area contributed by atoms with Crippen LogP contribution in [0.25, 0.3) is 0 Å². The molecule has 5 nitrogen and oxygen atoms in total. The molecule has 0 bridgehead atoms. The van der Waals surface area contributed by atoms with E-state index in [1.807, 2.05) is 37.3 Å². The van der Waals surface area contributed by atoms with Crippen LogP contribution in [0.15, 0.2) is 36.4 Å². The molecule has 3 rings (SSSR count). The molecule has 1 aliphatic heterocycles. The second-order valence-electron chi connectivity index (χ2n) is 7.14. The van der Waals surface area contributed by atoms with Crippen LogP contribution in [-0.4, -0.2) is 24.0 Å². The van der Waals surface area contributed by atoms with Crippen molar-refractivity contribution in [2.45, 2.75) is 32.5 Å². The first kappa shape index (κ1) is 20.6. The number of amides is 1. The van der Waals surface area contributed by atoms with E-state index in [0.29, 0.717) is 32.5 Å². The maximum Gasteiger partial charge on any atom is 0.433 e. The van der Waals surface area contributed by atoms with E-state index in [1.54, 1.807) is 4.90 Å². The predicted molar refractivity (Wildman–Crippen MR) is 102 cm³/mol. The maximum atomic E-state index is 13.0. The number of anilines is 1. The van der Waals surface area contributed by atoms with Crippen molar-refractivity contribution in [2.24, 2.45) is 5.92 Å². The Labute approximate surface area is 167 Å². The monoisotopic (exact) mass is 402 g/mol. The highest BCUT2D eigenvalue weighted by atomic mass is 19.4. The molecular weight excluding hydrogens is 381 g/mol. The molecule has 1 fully saturated rings. The van der Waals surface area contributed by atoms with Crippen molar-refractivity contribution in [1.29, 1.82) is 5.26 Å². The average molecular weight is 402 g/mol. The van der Waals surface area contributed by atoms with Gasteiger partial charge in [-0.1, -0.05) is 29.8 Å². The van der Waals surface area contributed by atoms with E-state index >= 15 is 0 Å². The maximum absolute atomic E-state index is 13.0. The molecule has 1 aromatic carbocycles. The molecule has 0 unspecified atom stereocenters. The van der Waals surface area contributed by atoms with E-state index in [-0.39, 0.29) is 23.2 Å². The van der Waals surface area contributed by atoms with Crippen molar-refractivity contribution in [1.82, 2.24) is 10.3 Å². The number of benzene rings is 1. The molecule has 1 N–H and O–H groups in total. The van der Waals surface area contributed by atoms with Crippen LogP contribution in [0.1, 0.15) is 35.2 Å². The summed E-state index contributed by atoms with van der Waals surface area (Å²) in [6.45, 7) is 3.16. The van der Waals surface area contributed by atoms with Crippen molar-refractivity contribution >= 4 is 11.7 Å². The Morgan fingerprint density at radius 2 is 1.86 bits per heavy atom. The molecule has 152 valence electrons. The van der Waals surface area contributed by atoms with Gasteiger partial charge in [0.15, 0.2) is 0 Å². The number of alkyl halides is 3. The van der Waals surface area contributed by atoms with Crippen LogP contribution in [0, 0.1) is 24.2 Å². The summed E-state index contributed by atoms with van der Waals surface area (Å²) in [7, 11) is 0. The lowest BCUT2D eigenvalue weighted by Gasteiger charge is -2.32. The van der Waals surface area contributed by atoms with Gasteiger partial charge in [-0.3, -0.25) is 4.79 Å². The number of hydrogen-bond acceptors (Lipinski definition) is 4. The number of nitriles is 1. The number of aryl methyl sites for hydroxylation is 1. The van der Waals surface area contributed by atoms with Gasteiger partial charge in [-0.25, -0.2) is 4.98 Å². The van der Waals surface area contributed by atoms with E-state index in [2.05, 4.69) is 10.3 Å². The standard InChI is InChI=1S/C21H21F3N4O/c1-14-2-4-15(5-3-14)13-26-20(29)16-8-10-28(11-9-16)19-17(12-25)6-7-18(27-19)21(22,23)24/h2-7,16H,8-11,13H2,1H3,(H,26,29). The first-order chi connectivity index (χ1) is 13.8. The predicted octanol–water partition coefficient (Wildman–Crippen LogP) is 3.81. The molecule has 29 heavy (non-hydrogen) atoms. The molecular formula is C21H21F3N4O. The lowest BCUT2D eigenvalue weighted by molar-refractivity contribution is -0.141. The number of rotatable bonds is 4. The summed E-state index contributed by atoms with van der Waals surface area (Å²) >= 11 is 0. The van der Waals surface area contributed by atoms with Crippen molar-refractivity contribution < 1.29 is 18.0 Å². The van der Waals surface area contributed by atoms with Gasteiger partial charge in [-0.2, -0.15) is 18.4 Å². The first-order valence-electron chi connectivity index (χ1n) is 9.34. The second-order valence-corrected chi connectivity index (χ2v) is 7.14. The molecule has 0 spiro atoms. The normalized spacial score (nSPS) is 15.1. The minimum Gasteiger partial charge on any atom is -0.355 e. The fourth-order valence-corrected chi connectivity index (χ4v) is 3.33. The van der Waals surface area contributed by atoms with E-state index in [1.165, 1.54) is 0 Å². The Kier molecular flexibility index (Phi) is 6.06. The van der Waals surface area contributed by atoms with Gasteiger partial charge in [0.05, 0.1) is 5.56 Å². The summed E-state index contributed by atoms with van der Waals surface area (Å²) in [5.41, 5.74) is 1.23. The van der Waals surface area contributed by atoms with Gasteiger partial charge >= 0.3 is 6.18 Å². The Balaban J connectivity index is 1.61. The van der Waals surface area contributed by atoms with Crippen LogP contribution in [0.4, 0.5) is 19.0 Å². The minimum absolute atomic E-state index is 0.0286. The Bertz CT molecular complexity index is 911. The molecule has 2 heterocycles. The first-order valence-corrected chi connectivity index (χ1v) is 9.34. The number of nitrogens with zero attached hydrogens (tertiary/aromatic N) is 3. The number of halogens is 3. The highest BCUT2D eigenvalue weighted by Crippen LogP contribution is 2.31. The van der Waals surface area contributed by atoms with Crippen LogP contribution in [0.3, 0.4) is 0 Å². The van der Waals surface area contributed by atoms with Gasteiger partial charge in [-0.15, -0.1) is 0 Å². The summed E-state index contributed by atoms with van der Waals surface area (Å²) in [5, 5.41) is 12.1. The smallest absolute Gasteiger partial charge is 0.355 e. The Morgan fingerprint density at radius 1 is 1.21 bits per heavy atom. The van der Waals surface area contributed by atoms with Crippen LogP contribution >= 0.6 is 0 Å². The molecule has 1 saturated heterocycles. The summed E-state index contributed by atoms with van der Waals surface area (Å²) in [6.07, 6.45) is -3.60. The number of pyridine rings is 1. The van der Waals surface area contributed by atoms with Crippen LogP contribution in [-0.2, 0) is 17.5 Å². The zero-order chi connectivity index (χ0) is 21.0. The van der Waals surface area contributed by atoms with Crippen molar-refractivity contribution in [3.05, 3.63) is 58.8 Å². The number of piperidine rings is 1. The SMILES string of the molecule is Cc1ccc(CNC(=O)C2CCN(c3nc(C(F)(F)F)ccc3C#N)CC2)cc1. The Hall–Kier alpha value is -3.08. The van der Waals surface area contributed by atoms with E-state index in [4.69, 9.17) is 0 Å². The fourth-order valence-electron chi connectivity index (χ4n) is 3.33. The third-order valence-corrected chi connectivity index (χ3v) is 5.04. The van der Waals surface area contributed by atoms with E-state index < -0.39 is 11.9 Å².